The predicted molar refractivity (Wildman–Crippen MR) is 216 cm³/mol. The van der Waals surface area contributed by atoms with Gasteiger partial charge in [-0.1, -0.05) is 47.5 Å². The maximum Gasteiger partial charge on any atom is 0.328 e. The molecule has 0 fully saturated rings. The number of halogens is 2. The molecule has 56 heavy (non-hydrogen) atoms. The molecule has 6 aromatic rings. The molecule has 0 saturated heterocycles. The summed E-state index contributed by atoms with van der Waals surface area (Å²) in [5.41, 5.74) is 8.43. The fraction of sp³-hybridized carbons (Fsp3) is 0.100. The minimum atomic E-state index is -3.23. The van der Waals surface area contributed by atoms with Crippen molar-refractivity contribution in [3.8, 4) is 44.8 Å². The second-order valence-electron chi connectivity index (χ2n) is 12.1. The van der Waals surface area contributed by atoms with Gasteiger partial charge < -0.3 is 10.2 Å². The van der Waals surface area contributed by atoms with Gasteiger partial charge in [0.25, 0.3) is 0 Å². The highest BCUT2D eigenvalue weighted by Gasteiger charge is 2.14. The number of aromatic nitrogens is 4. The normalized spacial score (nSPS) is 11.2. The van der Waals surface area contributed by atoms with Crippen LogP contribution < -0.4 is 0 Å². The zero-order valence-corrected chi connectivity index (χ0v) is 33.4. The molecule has 0 amide bonds. The largest absolute Gasteiger partial charge is 0.478 e. The quantitative estimate of drug-likeness (QED) is 0.140. The molecule has 0 saturated carbocycles. The molecular formula is C40H34Cl2N4O8S2. The van der Waals surface area contributed by atoms with E-state index in [1.165, 1.54) is 12.5 Å². The second kappa shape index (κ2) is 18.7. The van der Waals surface area contributed by atoms with Gasteiger partial charge in [0, 0.05) is 83.1 Å². The number of hydrogen-bond donors (Lipinski definition) is 2. The van der Waals surface area contributed by atoms with E-state index in [1.807, 2.05) is 50.2 Å². The molecule has 4 heterocycles. The van der Waals surface area contributed by atoms with Gasteiger partial charge in [-0.2, -0.15) is 0 Å². The summed E-state index contributed by atoms with van der Waals surface area (Å²) in [7, 11) is -6.46. The van der Waals surface area contributed by atoms with Gasteiger partial charge in [-0.05, 0) is 85.6 Å². The van der Waals surface area contributed by atoms with Crippen LogP contribution in [0, 0.1) is 13.8 Å². The molecule has 0 atom stereocenters. The van der Waals surface area contributed by atoms with Crippen molar-refractivity contribution >= 4 is 54.8 Å². The van der Waals surface area contributed by atoms with Gasteiger partial charge in [-0.15, -0.1) is 0 Å². The van der Waals surface area contributed by atoms with Crippen LogP contribution in [0.3, 0.4) is 0 Å². The molecule has 12 nitrogen and oxygen atoms in total. The number of nitrogens with zero attached hydrogens (tertiary/aromatic N) is 4. The van der Waals surface area contributed by atoms with E-state index in [0.29, 0.717) is 22.2 Å². The van der Waals surface area contributed by atoms with Crippen molar-refractivity contribution in [3.05, 3.63) is 143 Å². The Bertz CT molecular complexity index is 2420. The first kappa shape index (κ1) is 42.9. The molecule has 0 radical (unpaired) electrons. The van der Waals surface area contributed by atoms with Gasteiger partial charge in [0.15, 0.2) is 19.7 Å². The van der Waals surface area contributed by atoms with Crippen molar-refractivity contribution in [1.82, 2.24) is 19.9 Å². The van der Waals surface area contributed by atoms with E-state index in [0.717, 1.165) is 56.2 Å². The first-order valence-corrected chi connectivity index (χ1v) is 20.8. The summed E-state index contributed by atoms with van der Waals surface area (Å²) in [6.45, 7) is 3.84. The number of benzene rings is 2. The molecular weight excluding hydrogens is 800 g/mol. The number of aliphatic carboxylic acids is 2. The Balaban J connectivity index is 0.000000209. The van der Waals surface area contributed by atoms with E-state index in [2.05, 4.69) is 19.9 Å². The summed E-state index contributed by atoms with van der Waals surface area (Å²) in [4.78, 5) is 37.1. The lowest BCUT2D eigenvalue weighted by atomic mass is 10.0. The lowest BCUT2D eigenvalue weighted by molar-refractivity contribution is -0.134. The molecule has 2 aromatic carbocycles. The summed E-state index contributed by atoms with van der Waals surface area (Å²) in [6, 6.07) is 24.8. The lowest BCUT2D eigenvalue weighted by Crippen LogP contribution is -1.97. The van der Waals surface area contributed by atoms with Gasteiger partial charge >= 0.3 is 11.9 Å². The highest BCUT2D eigenvalue weighted by Crippen LogP contribution is 2.34. The van der Waals surface area contributed by atoms with Crippen LogP contribution in [0.25, 0.3) is 44.8 Å². The highest BCUT2D eigenvalue weighted by atomic mass is 35.5. The number of carbonyl (C=O) groups is 2. The lowest BCUT2D eigenvalue weighted by Gasteiger charge is -2.10. The molecule has 4 aromatic heterocycles. The molecule has 0 aliphatic rings. The smallest absolute Gasteiger partial charge is 0.328 e. The number of rotatable bonds is 8. The van der Waals surface area contributed by atoms with Crippen LogP contribution in [0.15, 0.2) is 132 Å². The Labute approximate surface area is 334 Å². The van der Waals surface area contributed by atoms with Gasteiger partial charge in [-0.25, -0.2) is 26.4 Å². The number of pyridine rings is 4. The van der Waals surface area contributed by atoms with Gasteiger partial charge in [0.05, 0.1) is 31.2 Å². The van der Waals surface area contributed by atoms with E-state index in [4.69, 9.17) is 33.4 Å². The van der Waals surface area contributed by atoms with Crippen LogP contribution in [0.5, 0.6) is 0 Å². The Hall–Kier alpha value is -5.80. The van der Waals surface area contributed by atoms with Crippen molar-refractivity contribution in [1.29, 1.82) is 0 Å². The van der Waals surface area contributed by atoms with Crippen LogP contribution in [-0.2, 0) is 29.3 Å². The Morgan fingerprint density at radius 1 is 0.518 bits per heavy atom. The monoisotopic (exact) mass is 832 g/mol. The maximum atomic E-state index is 11.6. The predicted octanol–water partition coefficient (Wildman–Crippen LogP) is 8.06. The fourth-order valence-corrected chi connectivity index (χ4v) is 6.48. The molecule has 0 spiro atoms. The Kier molecular flexibility index (Phi) is 14.3. The molecule has 2 N–H and O–H groups in total. The molecule has 0 aliphatic carbocycles. The van der Waals surface area contributed by atoms with Crippen molar-refractivity contribution in [3.63, 3.8) is 0 Å². The van der Waals surface area contributed by atoms with Gasteiger partial charge in [0.2, 0.25) is 0 Å². The van der Waals surface area contributed by atoms with E-state index >= 15 is 0 Å². The molecule has 0 unspecified atom stereocenters. The van der Waals surface area contributed by atoms with Crippen LogP contribution in [0.2, 0.25) is 10.0 Å². The SMILES string of the molecule is Cc1ccc(-c2ncc(Cl)cc2-c2ccc(S(C)(=O)=O)cc2)cn1.Cc1ccc(-c2ncc(Cl)cc2-c2ccc(S(C)(=O)=O)cc2)cn1.O=C(O)/C=C/C(=O)O. The molecule has 0 aliphatic heterocycles. The van der Waals surface area contributed by atoms with Crippen LogP contribution in [-0.4, -0.2) is 71.4 Å². The van der Waals surface area contributed by atoms with E-state index in [-0.39, 0.29) is 9.79 Å². The van der Waals surface area contributed by atoms with Crippen LogP contribution in [0.4, 0.5) is 0 Å². The topological polar surface area (TPSA) is 194 Å². The number of hydrogen-bond acceptors (Lipinski definition) is 10. The Morgan fingerprint density at radius 3 is 1.11 bits per heavy atom. The molecule has 0 bridgehead atoms. The van der Waals surface area contributed by atoms with E-state index in [9.17, 15) is 26.4 Å². The van der Waals surface area contributed by atoms with Crippen molar-refractivity contribution in [2.24, 2.45) is 0 Å². The zero-order chi connectivity index (χ0) is 41.2. The summed E-state index contributed by atoms with van der Waals surface area (Å²) >= 11 is 12.2. The summed E-state index contributed by atoms with van der Waals surface area (Å²) < 4.78 is 46.5. The Morgan fingerprint density at radius 2 is 0.839 bits per heavy atom. The van der Waals surface area contributed by atoms with Gasteiger partial charge in [-0.3, -0.25) is 19.9 Å². The maximum absolute atomic E-state index is 11.6. The number of sulfone groups is 2. The van der Waals surface area contributed by atoms with Gasteiger partial charge in [0.1, 0.15) is 0 Å². The summed E-state index contributed by atoms with van der Waals surface area (Å²) in [5, 5.41) is 16.7. The minimum Gasteiger partial charge on any atom is -0.478 e. The number of carboxylic acid groups (broad SMARTS) is 2. The van der Waals surface area contributed by atoms with Crippen molar-refractivity contribution in [2.75, 3.05) is 12.5 Å². The summed E-state index contributed by atoms with van der Waals surface area (Å²) in [5.74, 6) is -2.51. The van der Waals surface area contributed by atoms with Crippen molar-refractivity contribution < 1.29 is 36.6 Å². The molecule has 16 heteroatoms. The van der Waals surface area contributed by atoms with Crippen LogP contribution in [0.1, 0.15) is 11.4 Å². The van der Waals surface area contributed by atoms with Crippen molar-refractivity contribution in [2.45, 2.75) is 23.6 Å². The fourth-order valence-electron chi connectivity index (χ4n) is 4.90. The minimum absolute atomic E-state index is 0.278. The molecule has 6 rings (SSSR count). The first-order valence-electron chi connectivity index (χ1n) is 16.2. The van der Waals surface area contributed by atoms with E-state index < -0.39 is 31.6 Å². The zero-order valence-electron chi connectivity index (χ0n) is 30.3. The third-order valence-corrected chi connectivity index (χ3v) is 10.3. The van der Waals surface area contributed by atoms with Crippen LogP contribution >= 0.6 is 23.2 Å². The average Bonchev–Trinajstić information content (AvgIpc) is 3.15. The third kappa shape index (κ3) is 12.4. The van der Waals surface area contributed by atoms with E-state index in [1.54, 1.807) is 73.3 Å². The highest BCUT2D eigenvalue weighted by molar-refractivity contribution is 7.91. The molecule has 288 valence electrons. The standard InChI is InChI=1S/2C18H15ClN2O2S.C4H4O4/c2*1-12-3-4-14(10-20-12)18-17(9-15(19)11-21-18)13-5-7-16(8-6-13)24(2,22)23;5-3(6)1-2-4(7)8/h2*3-11H,1-2H3;1-2H,(H,5,6)(H,7,8)/b;;2-1+. The number of aryl methyl sites for hydroxylation is 2. The summed E-state index contributed by atoms with van der Waals surface area (Å²) in [6.07, 6.45) is 10.2. The number of carboxylic acids is 2. The average molecular weight is 834 g/mol. The second-order valence-corrected chi connectivity index (χ2v) is 17.0. The first-order chi connectivity index (χ1) is 26.3. The third-order valence-electron chi connectivity index (χ3n) is 7.63.